The lowest BCUT2D eigenvalue weighted by molar-refractivity contribution is 0.396. The van der Waals surface area contributed by atoms with Crippen LogP contribution in [0.1, 0.15) is 26.7 Å². The Morgan fingerprint density at radius 3 is 2.56 bits per heavy atom. The van der Waals surface area contributed by atoms with Crippen molar-refractivity contribution in [1.29, 1.82) is 0 Å². The molecule has 0 amide bonds. The first kappa shape index (κ1) is 13.3. The van der Waals surface area contributed by atoms with Gasteiger partial charge in [0.05, 0.1) is 14.2 Å². The van der Waals surface area contributed by atoms with E-state index < -0.39 is 0 Å². The lowest BCUT2D eigenvalue weighted by Gasteiger charge is -2.14. The second kappa shape index (κ2) is 6.75. The van der Waals surface area contributed by atoms with E-state index in [4.69, 9.17) is 9.47 Å². The molecule has 1 rings (SSSR count). The fourth-order valence-electron chi connectivity index (χ4n) is 1.69. The van der Waals surface area contributed by atoms with Crippen molar-refractivity contribution in [3.63, 3.8) is 0 Å². The van der Waals surface area contributed by atoms with Crippen molar-refractivity contribution in [3.8, 4) is 11.5 Å². The summed E-state index contributed by atoms with van der Waals surface area (Å²) < 4.78 is 10.6. The van der Waals surface area contributed by atoms with Crippen LogP contribution in [0.4, 0.5) is 0 Å². The summed E-state index contributed by atoms with van der Waals surface area (Å²) in [6.07, 6.45) is 2.51. The van der Waals surface area contributed by atoms with E-state index in [1.807, 2.05) is 12.1 Å². The predicted octanol–water partition coefficient (Wildman–Crippen LogP) is 3.20. The highest BCUT2D eigenvalue weighted by atomic mass is 31.1. The SMILES string of the molecule is CCCC(C)Pc1ccc(OC)cc1OC. The quantitative estimate of drug-likeness (QED) is 0.711. The van der Waals surface area contributed by atoms with Gasteiger partial charge in [0, 0.05) is 11.4 Å². The Labute approximate surface area is 100 Å². The highest BCUT2D eigenvalue weighted by molar-refractivity contribution is 7.48. The first-order chi connectivity index (χ1) is 7.71. The molecule has 0 spiro atoms. The Balaban J connectivity index is 2.78. The number of hydrogen-bond acceptors (Lipinski definition) is 2. The molecule has 0 saturated carbocycles. The maximum absolute atomic E-state index is 5.39. The third-order valence-electron chi connectivity index (χ3n) is 2.53. The third kappa shape index (κ3) is 3.68. The first-order valence-electron chi connectivity index (χ1n) is 5.69. The standard InChI is InChI=1S/C13H21O2P/c1-5-6-10(2)16-13-8-7-11(14-3)9-12(13)15-4/h7-10,16H,5-6H2,1-4H3. The molecule has 0 aliphatic carbocycles. The van der Waals surface area contributed by atoms with Crippen molar-refractivity contribution in [2.24, 2.45) is 0 Å². The molecular weight excluding hydrogens is 219 g/mol. The van der Waals surface area contributed by atoms with E-state index in [1.165, 1.54) is 18.1 Å². The van der Waals surface area contributed by atoms with Crippen LogP contribution in [-0.2, 0) is 0 Å². The molecule has 0 radical (unpaired) electrons. The van der Waals surface area contributed by atoms with Crippen LogP contribution in [0.3, 0.4) is 0 Å². The lowest BCUT2D eigenvalue weighted by Crippen LogP contribution is -2.06. The molecule has 2 unspecified atom stereocenters. The van der Waals surface area contributed by atoms with Gasteiger partial charge in [-0.2, -0.15) is 0 Å². The zero-order valence-corrected chi connectivity index (χ0v) is 11.5. The molecule has 0 aliphatic rings. The molecule has 0 aromatic heterocycles. The van der Waals surface area contributed by atoms with Crippen LogP contribution in [0.5, 0.6) is 11.5 Å². The summed E-state index contributed by atoms with van der Waals surface area (Å²) in [7, 11) is 4.20. The van der Waals surface area contributed by atoms with Gasteiger partial charge in [-0.15, -0.1) is 0 Å². The molecule has 1 aromatic carbocycles. The minimum absolute atomic E-state index is 0.729. The molecule has 16 heavy (non-hydrogen) atoms. The monoisotopic (exact) mass is 240 g/mol. The van der Waals surface area contributed by atoms with Gasteiger partial charge in [0.15, 0.2) is 0 Å². The summed E-state index contributed by atoms with van der Waals surface area (Å²) >= 11 is 0. The molecule has 0 heterocycles. The Kier molecular flexibility index (Phi) is 5.62. The zero-order chi connectivity index (χ0) is 12.0. The van der Waals surface area contributed by atoms with E-state index in [1.54, 1.807) is 14.2 Å². The van der Waals surface area contributed by atoms with Gasteiger partial charge in [0.1, 0.15) is 11.5 Å². The second-order valence-corrected chi connectivity index (χ2v) is 5.71. The summed E-state index contributed by atoms with van der Waals surface area (Å²) in [5, 5.41) is 1.30. The maximum Gasteiger partial charge on any atom is 0.129 e. The Morgan fingerprint density at radius 2 is 2.00 bits per heavy atom. The topological polar surface area (TPSA) is 18.5 Å². The van der Waals surface area contributed by atoms with E-state index in [2.05, 4.69) is 19.9 Å². The molecule has 3 heteroatoms. The van der Waals surface area contributed by atoms with Crippen LogP contribution >= 0.6 is 8.58 Å². The molecule has 2 nitrogen and oxygen atoms in total. The van der Waals surface area contributed by atoms with Gasteiger partial charge in [0.25, 0.3) is 0 Å². The van der Waals surface area contributed by atoms with E-state index in [-0.39, 0.29) is 0 Å². The Bertz CT molecular complexity index is 326. The molecule has 0 aliphatic heterocycles. The second-order valence-electron chi connectivity index (χ2n) is 3.90. The summed E-state index contributed by atoms with van der Waals surface area (Å²) in [4.78, 5) is 0. The molecular formula is C13H21O2P. The van der Waals surface area contributed by atoms with Crippen LogP contribution in [0, 0.1) is 0 Å². The van der Waals surface area contributed by atoms with Crippen molar-refractivity contribution < 1.29 is 9.47 Å². The Hall–Kier alpha value is -0.750. The van der Waals surface area contributed by atoms with Crippen LogP contribution in [0.2, 0.25) is 0 Å². The van der Waals surface area contributed by atoms with Crippen LogP contribution in [-0.4, -0.2) is 19.9 Å². The number of rotatable bonds is 6. The smallest absolute Gasteiger partial charge is 0.129 e. The highest BCUT2D eigenvalue weighted by Crippen LogP contribution is 2.29. The Morgan fingerprint density at radius 1 is 1.25 bits per heavy atom. The maximum atomic E-state index is 5.39. The summed E-state index contributed by atoms with van der Waals surface area (Å²) in [5.41, 5.74) is 0.729. The number of ether oxygens (including phenoxy) is 2. The van der Waals surface area contributed by atoms with Crippen LogP contribution in [0.15, 0.2) is 18.2 Å². The van der Waals surface area contributed by atoms with E-state index in [0.717, 1.165) is 25.7 Å². The molecule has 1 aromatic rings. The summed E-state index contributed by atoms with van der Waals surface area (Å²) in [5.74, 6) is 1.80. The van der Waals surface area contributed by atoms with Gasteiger partial charge < -0.3 is 9.47 Å². The van der Waals surface area contributed by atoms with Gasteiger partial charge >= 0.3 is 0 Å². The molecule has 90 valence electrons. The average Bonchev–Trinajstić information content (AvgIpc) is 2.30. The molecule has 0 fully saturated rings. The van der Waals surface area contributed by atoms with Crippen molar-refractivity contribution in [2.75, 3.05) is 14.2 Å². The van der Waals surface area contributed by atoms with Crippen molar-refractivity contribution >= 4 is 13.9 Å². The summed E-state index contributed by atoms with van der Waals surface area (Å²) in [6, 6.07) is 6.08. The third-order valence-corrected chi connectivity index (χ3v) is 4.04. The largest absolute Gasteiger partial charge is 0.497 e. The van der Waals surface area contributed by atoms with E-state index in [9.17, 15) is 0 Å². The van der Waals surface area contributed by atoms with Crippen molar-refractivity contribution in [1.82, 2.24) is 0 Å². The molecule has 0 bridgehead atoms. The van der Waals surface area contributed by atoms with Crippen LogP contribution < -0.4 is 14.8 Å². The van der Waals surface area contributed by atoms with Gasteiger partial charge in [-0.25, -0.2) is 0 Å². The molecule has 0 saturated heterocycles. The minimum Gasteiger partial charge on any atom is -0.497 e. The van der Waals surface area contributed by atoms with E-state index >= 15 is 0 Å². The molecule has 0 N–H and O–H groups in total. The zero-order valence-electron chi connectivity index (χ0n) is 10.5. The van der Waals surface area contributed by atoms with Crippen LogP contribution in [0.25, 0.3) is 0 Å². The van der Waals surface area contributed by atoms with Crippen molar-refractivity contribution in [2.45, 2.75) is 32.3 Å². The minimum atomic E-state index is 0.729. The van der Waals surface area contributed by atoms with Gasteiger partial charge in [-0.1, -0.05) is 28.8 Å². The van der Waals surface area contributed by atoms with E-state index in [0.29, 0.717) is 0 Å². The summed E-state index contributed by atoms with van der Waals surface area (Å²) in [6.45, 7) is 4.53. The lowest BCUT2D eigenvalue weighted by atomic mass is 10.3. The molecule has 2 atom stereocenters. The average molecular weight is 240 g/mol. The van der Waals surface area contributed by atoms with Crippen molar-refractivity contribution in [3.05, 3.63) is 18.2 Å². The normalized spacial score (nSPS) is 13.0. The highest BCUT2D eigenvalue weighted by Gasteiger charge is 2.08. The number of benzene rings is 1. The fourth-order valence-corrected chi connectivity index (χ4v) is 3.15. The number of methoxy groups -OCH3 is 2. The van der Waals surface area contributed by atoms with Gasteiger partial charge in [0.2, 0.25) is 0 Å². The first-order valence-corrected chi connectivity index (χ1v) is 6.77. The van der Waals surface area contributed by atoms with Gasteiger partial charge in [-0.05, 0) is 24.2 Å². The number of hydrogen-bond donors (Lipinski definition) is 0. The predicted molar refractivity (Wildman–Crippen MR) is 71.9 cm³/mol. The fraction of sp³-hybridized carbons (Fsp3) is 0.538. The van der Waals surface area contributed by atoms with Gasteiger partial charge in [-0.3, -0.25) is 0 Å².